The summed E-state index contributed by atoms with van der Waals surface area (Å²) in [5.41, 5.74) is 0.456. The zero-order chi connectivity index (χ0) is 26.1. The summed E-state index contributed by atoms with van der Waals surface area (Å²) in [4.78, 5) is 30.0. The third-order valence-electron chi connectivity index (χ3n) is 6.56. The maximum atomic E-state index is 13.1. The Balaban J connectivity index is 2.68. The van der Waals surface area contributed by atoms with E-state index in [1.165, 1.54) is 0 Å². The lowest BCUT2D eigenvalue weighted by molar-refractivity contribution is -0.153. The third kappa shape index (κ3) is 9.08. The summed E-state index contributed by atoms with van der Waals surface area (Å²) in [5.74, 6) is -1.53. The molecule has 6 nitrogen and oxygen atoms in total. The molecule has 5 atom stereocenters. The molecule has 0 amide bonds. The number of aliphatic hydroxyl groups excluding tert-OH is 2. The van der Waals surface area contributed by atoms with E-state index in [-0.39, 0.29) is 18.1 Å². The normalized spacial score (nSPS) is 17.3. The molecule has 192 valence electrons. The lowest BCUT2D eigenvalue weighted by Gasteiger charge is -2.34. The van der Waals surface area contributed by atoms with Crippen molar-refractivity contribution in [2.75, 3.05) is 0 Å². The summed E-state index contributed by atoms with van der Waals surface area (Å²) >= 11 is 1.55. The molecular formula is C27H43NO5S. The number of ketones is 1. The number of thiazole rings is 1. The van der Waals surface area contributed by atoms with Gasteiger partial charge in [0.05, 0.1) is 34.7 Å². The highest BCUT2D eigenvalue weighted by Crippen LogP contribution is 2.32. The van der Waals surface area contributed by atoms with E-state index >= 15 is 0 Å². The Bertz CT molecular complexity index is 857. The van der Waals surface area contributed by atoms with Crippen LogP contribution in [0.5, 0.6) is 0 Å². The first-order chi connectivity index (χ1) is 15.8. The largest absolute Gasteiger partial charge is 0.458 e. The minimum absolute atomic E-state index is 0.0424. The van der Waals surface area contributed by atoms with Crippen molar-refractivity contribution < 1.29 is 24.5 Å². The summed E-state index contributed by atoms with van der Waals surface area (Å²) in [6, 6.07) is 0. The van der Waals surface area contributed by atoms with E-state index in [0.29, 0.717) is 0 Å². The fourth-order valence-corrected chi connectivity index (χ4v) is 4.41. The topological polar surface area (TPSA) is 96.7 Å². The van der Waals surface area contributed by atoms with Gasteiger partial charge in [0.25, 0.3) is 0 Å². The standard InChI is InChI=1S/C27H43NO5S/c1-9-10-11-12-13-17(2)25(31)19(4)26(32)27(7,8)23(29)15-24(30)33-20(5)18(3)14-22-16-34-21(6)28-22/h9-10,14,16-17,19-20,23,25,29,31H,11-13,15H2,1-8H3/t17-,19+,20-,23?,25-/m0/s1. The highest BCUT2D eigenvalue weighted by molar-refractivity contribution is 7.09. The molecule has 0 bridgehead atoms. The van der Waals surface area contributed by atoms with Gasteiger partial charge in [-0.15, -0.1) is 11.3 Å². The lowest BCUT2D eigenvalue weighted by Crippen LogP contribution is -2.45. The van der Waals surface area contributed by atoms with Gasteiger partial charge in [0.1, 0.15) is 11.9 Å². The smallest absolute Gasteiger partial charge is 0.309 e. The molecule has 0 aliphatic carbocycles. The Morgan fingerprint density at radius 2 is 1.88 bits per heavy atom. The van der Waals surface area contributed by atoms with Gasteiger partial charge in [0.2, 0.25) is 0 Å². The number of rotatable bonds is 14. The van der Waals surface area contributed by atoms with E-state index in [4.69, 9.17) is 4.74 Å². The number of aromatic nitrogens is 1. The van der Waals surface area contributed by atoms with Crippen LogP contribution in [0, 0.1) is 24.2 Å². The fraction of sp³-hybridized carbons (Fsp3) is 0.667. The highest BCUT2D eigenvalue weighted by atomic mass is 32.1. The number of nitrogens with zero attached hydrogens (tertiary/aromatic N) is 1. The van der Waals surface area contributed by atoms with Crippen LogP contribution in [0.3, 0.4) is 0 Å². The Morgan fingerprint density at radius 3 is 2.44 bits per heavy atom. The van der Waals surface area contributed by atoms with E-state index in [9.17, 15) is 19.8 Å². The molecule has 2 N–H and O–H groups in total. The molecule has 0 saturated heterocycles. The van der Waals surface area contributed by atoms with Crippen molar-refractivity contribution >= 4 is 29.2 Å². The van der Waals surface area contributed by atoms with Crippen molar-refractivity contribution in [1.29, 1.82) is 0 Å². The molecule has 1 rings (SSSR count). The van der Waals surface area contributed by atoms with Gasteiger partial charge in [-0.05, 0) is 64.5 Å². The van der Waals surface area contributed by atoms with Gasteiger partial charge in [-0.3, -0.25) is 9.59 Å². The van der Waals surface area contributed by atoms with Gasteiger partial charge in [0, 0.05) is 11.3 Å². The minimum atomic E-state index is -1.22. The van der Waals surface area contributed by atoms with Crippen molar-refractivity contribution in [1.82, 2.24) is 4.98 Å². The second-order valence-electron chi connectivity index (χ2n) is 9.87. The third-order valence-corrected chi connectivity index (χ3v) is 7.36. The average molecular weight is 494 g/mol. The van der Waals surface area contributed by atoms with Gasteiger partial charge in [-0.1, -0.05) is 39.8 Å². The number of allylic oxidation sites excluding steroid dienone is 2. The number of ether oxygens (including phenoxy) is 1. The lowest BCUT2D eigenvalue weighted by atomic mass is 9.73. The summed E-state index contributed by atoms with van der Waals surface area (Å²) < 4.78 is 5.49. The summed E-state index contributed by atoms with van der Waals surface area (Å²) in [5, 5.41) is 24.4. The van der Waals surface area contributed by atoms with Gasteiger partial charge >= 0.3 is 5.97 Å². The van der Waals surface area contributed by atoms with Crippen LogP contribution in [0.15, 0.2) is 23.1 Å². The molecule has 0 aromatic carbocycles. The SMILES string of the molecule is CC=CCCC[C@H](C)[C@H](O)[C@@H](C)C(=O)C(C)(C)C(O)CC(=O)O[C@@H](C)C(C)=Cc1csc(C)n1. The van der Waals surface area contributed by atoms with Crippen LogP contribution >= 0.6 is 11.3 Å². The molecule has 1 aromatic rings. The number of unbranched alkanes of at least 4 members (excludes halogenated alkanes) is 1. The first kappa shape index (κ1) is 30.2. The summed E-state index contributed by atoms with van der Waals surface area (Å²) in [6.45, 7) is 14.4. The van der Waals surface area contributed by atoms with Gasteiger partial charge in [-0.2, -0.15) is 0 Å². The van der Waals surface area contributed by atoms with Crippen LogP contribution in [0.2, 0.25) is 0 Å². The number of esters is 1. The van der Waals surface area contributed by atoms with Crippen LogP contribution in [-0.4, -0.2) is 45.3 Å². The van der Waals surface area contributed by atoms with Crippen molar-refractivity contribution in [3.8, 4) is 0 Å². The highest BCUT2D eigenvalue weighted by Gasteiger charge is 2.42. The monoisotopic (exact) mass is 493 g/mol. The molecule has 34 heavy (non-hydrogen) atoms. The average Bonchev–Trinajstić information content (AvgIpc) is 3.18. The number of carbonyl (C=O) groups excluding carboxylic acids is 2. The van der Waals surface area contributed by atoms with Crippen LogP contribution in [0.25, 0.3) is 6.08 Å². The molecule has 0 radical (unpaired) electrons. The second-order valence-corrected chi connectivity index (χ2v) is 10.9. The predicted molar refractivity (Wildman–Crippen MR) is 138 cm³/mol. The number of hydrogen-bond acceptors (Lipinski definition) is 7. The van der Waals surface area contributed by atoms with E-state index in [1.807, 2.05) is 45.2 Å². The molecule has 0 fully saturated rings. The van der Waals surface area contributed by atoms with Crippen LogP contribution in [0.4, 0.5) is 0 Å². The van der Waals surface area contributed by atoms with Gasteiger partial charge < -0.3 is 14.9 Å². The van der Waals surface area contributed by atoms with E-state index < -0.39 is 35.6 Å². The van der Waals surface area contributed by atoms with Crippen molar-refractivity contribution in [3.63, 3.8) is 0 Å². The van der Waals surface area contributed by atoms with E-state index in [1.54, 1.807) is 39.0 Å². The van der Waals surface area contributed by atoms with Crippen molar-refractivity contribution in [3.05, 3.63) is 33.8 Å². The summed E-state index contributed by atoms with van der Waals surface area (Å²) in [6.07, 6.45) is 5.85. The molecule has 1 unspecified atom stereocenters. The van der Waals surface area contributed by atoms with E-state index in [0.717, 1.165) is 35.5 Å². The van der Waals surface area contributed by atoms with Crippen molar-refractivity contribution in [2.45, 2.75) is 99.4 Å². The first-order valence-corrected chi connectivity index (χ1v) is 13.0. The Labute approximate surface area is 209 Å². The molecular weight excluding hydrogens is 450 g/mol. The Hall–Kier alpha value is -1.83. The van der Waals surface area contributed by atoms with Crippen LogP contribution in [-0.2, 0) is 14.3 Å². The fourth-order valence-electron chi connectivity index (χ4n) is 3.84. The number of Topliss-reactive ketones (excluding diaryl/α,β-unsaturated/α-hetero) is 1. The second kappa shape index (κ2) is 13.9. The van der Waals surface area contributed by atoms with Gasteiger partial charge in [0.15, 0.2) is 0 Å². The summed E-state index contributed by atoms with van der Waals surface area (Å²) in [7, 11) is 0. The van der Waals surface area contributed by atoms with Crippen LogP contribution < -0.4 is 0 Å². The maximum absolute atomic E-state index is 13.1. The zero-order valence-electron chi connectivity index (χ0n) is 22.0. The number of carbonyl (C=O) groups is 2. The van der Waals surface area contributed by atoms with E-state index in [2.05, 4.69) is 11.1 Å². The molecule has 7 heteroatoms. The molecule has 0 aliphatic heterocycles. The number of aryl methyl sites for hydroxylation is 1. The number of aliphatic hydroxyl groups is 2. The Morgan fingerprint density at radius 1 is 1.24 bits per heavy atom. The van der Waals surface area contributed by atoms with Gasteiger partial charge in [-0.25, -0.2) is 4.98 Å². The Kier molecular flexibility index (Phi) is 12.4. The molecule has 0 aliphatic rings. The number of hydrogen-bond donors (Lipinski definition) is 2. The predicted octanol–water partition coefficient (Wildman–Crippen LogP) is 5.51. The van der Waals surface area contributed by atoms with Crippen LogP contribution in [0.1, 0.15) is 84.9 Å². The molecule has 1 heterocycles. The molecule has 0 saturated carbocycles. The minimum Gasteiger partial charge on any atom is -0.458 e. The zero-order valence-corrected chi connectivity index (χ0v) is 22.8. The van der Waals surface area contributed by atoms with Crippen molar-refractivity contribution in [2.24, 2.45) is 17.3 Å². The quantitative estimate of drug-likeness (QED) is 0.201. The molecule has 0 spiro atoms. The first-order valence-electron chi connectivity index (χ1n) is 12.1. The molecule has 1 aromatic heterocycles. The maximum Gasteiger partial charge on any atom is 0.309 e.